The van der Waals surface area contributed by atoms with E-state index in [0.29, 0.717) is 26.6 Å². The molecule has 5 heteroatoms. The van der Waals surface area contributed by atoms with Crippen LogP contribution < -0.4 is 0 Å². The Morgan fingerprint density at radius 1 is 1.19 bits per heavy atom. The standard InChI is InChI=1S/C16H10BrCl2NO/c1-8-2-3-9(4-12(8)17)16(21)11-7-20-14-6-10(18)5-13(19)15(11)14/h2-7,20H,1H3. The number of ketones is 1. The SMILES string of the molecule is Cc1ccc(C(=O)c2c[nH]c3cc(Cl)cc(Cl)c23)cc1Br. The second-order valence-corrected chi connectivity index (χ2v) is 6.50. The molecule has 0 saturated heterocycles. The van der Waals surface area contributed by atoms with Crippen molar-refractivity contribution >= 4 is 55.8 Å². The Kier molecular flexibility index (Phi) is 3.82. The van der Waals surface area contributed by atoms with E-state index < -0.39 is 0 Å². The minimum atomic E-state index is -0.0776. The van der Waals surface area contributed by atoms with Crippen LogP contribution in [0.2, 0.25) is 10.0 Å². The Morgan fingerprint density at radius 2 is 1.95 bits per heavy atom. The van der Waals surface area contributed by atoms with Crippen molar-refractivity contribution in [2.24, 2.45) is 0 Å². The molecule has 1 aromatic heterocycles. The molecular weight excluding hydrogens is 373 g/mol. The van der Waals surface area contributed by atoms with Gasteiger partial charge in [-0.05, 0) is 30.7 Å². The molecule has 0 radical (unpaired) electrons. The number of halogens is 3. The van der Waals surface area contributed by atoms with Gasteiger partial charge in [-0.15, -0.1) is 0 Å². The molecule has 2 aromatic carbocycles. The lowest BCUT2D eigenvalue weighted by molar-refractivity contribution is 0.104. The summed E-state index contributed by atoms with van der Waals surface area (Å²) >= 11 is 15.7. The highest BCUT2D eigenvalue weighted by molar-refractivity contribution is 9.10. The fourth-order valence-electron chi connectivity index (χ4n) is 2.25. The van der Waals surface area contributed by atoms with Crippen LogP contribution in [-0.4, -0.2) is 10.8 Å². The van der Waals surface area contributed by atoms with E-state index in [2.05, 4.69) is 20.9 Å². The average Bonchev–Trinajstić information content (AvgIpc) is 2.85. The second-order valence-electron chi connectivity index (χ2n) is 4.81. The van der Waals surface area contributed by atoms with E-state index in [-0.39, 0.29) is 5.78 Å². The molecular formula is C16H10BrCl2NO. The molecule has 106 valence electrons. The van der Waals surface area contributed by atoms with Crippen molar-refractivity contribution in [3.8, 4) is 0 Å². The van der Waals surface area contributed by atoms with Crippen LogP contribution in [0.25, 0.3) is 10.9 Å². The van der Waals surface area contributed by atoms with Crippen molar-refractivity contribution < 1.29 is 4.79 Å². The zero-order valence-corrected chi connectivity index (χ0v) is 14.1. The molecule has 1 heterocycles. The van der Waals surface area contributed by atoms with Gasteiger partial charge in [-0.25, -0.2) is 0 Å². The largest absolute Gasteiger partial charge is 0.360 e. The zero-order valence-electron chi connectivity index (χ0n) is 11.0. The number of nitrogens with one attached hydrogen (secondary N) is 1. The first-order valence-electron chi connectivity index (χ1n) is 6.24. The van der Waals surface area contributed by atoms with Crippen LogP contribution in [0.1, 0.15) is 21.5 Å². The summed E-state index contributed by atoms with van der Waals surface area (Å²) in [6.07, 6.45) is 1.67. The van der Waals surface area contributed by atoms with Crippen molar-refractivity contribution in [1.82, 2.24) is 4.98 Å². The number of aryl methyl sites for hydroxylation is 1. The number of benzene rings is 2. The first-order valence-corrected chi connectivity index (χ1v) is 7.79. The summed E-state index contributed by atoms with van der Waals surface area (Å²) in [4.78, 5) is 15.7. The van der Waals surface area contributed by atoms with E-state index in [9.17, 15) is 4.79 Å². The number of aromatic nitrogens is 1. The summed E-state index contributed by atoms with van der Waals surface area (Å²) in [6.45, 7) is 1.98. The summed E-state index contributed by atoms with van der Waals surface area (Å²) in [5, 5.41) is 1.70. The molecule has 0 fully saturated rings. The number of aromatic amines is 1. The van der Waals surface area contributed by atoms with Gasteiger partial charge in [0.15, 0.2) is 5.78 Å². The number of hydrogen-bond acceptors (Lipinski definition) is 1. The van der Waals surface area contributed by atoms with Gasteiger partial charge in [0.25, 0.3) is 0 Å². The minimum absolute atomic E-state index is 0.0776. The molecule has 0 aliphatic heterocycles. The van der Waals surface area contributed by atoms with Gasteiger partial charge in [0, 0.05) is 37.7 Å². The van der Waals surface area contributed by atoms with Crippen molar-refractivity contribution in [2.75, 3.05) is 0 Å². The second kappa shape index (κ2) is 5.48. The van der Waals surface area contributed by atoms with E-state index in [1.54, 1.807) is 18.3 Å². The molecule has 0 amide bonds. The van der Waals surface area contributed by atoms with Crippen LogP contribution in [0.15, 0.2) is 41.0 Å². The molecule has 0 aliphatic carbocycles. The highest BCUT2D eigenvalue weighted by atomic mass is 79.9. The molecule has 2 nitrogen and oxygen atoms in total. The van der Waals surface area contributed by atoms with Gasteiger partial charge in [0.2, 0.25) is 0 Å². The quantitative estimate of drug-likeness (QED) is 0.560. The van der Waals surface area contributed by atoms with E-state index in [1.807, 2.05) is 25.1 Å². The lowest BCUT2D eigenvalue weighted by Gasteiger charge is -2.04. The number of hydrogen-bond donors (Lipinski definition) is 1. The Balaban J connectivity index is 2.16. The molecule has 0 unspecified atom stereocenters. The molecule has 0 spiro atoms. The lowest BCUT2D eigenvalue weighted by Crippen LogP contribution is -2.01. The Hall–Kier alpha value is -1.29. The third kappa shape index (κ3) is 2.61. The number of rotatable bonds is 2. The number of carbonyl (C=O) groups is 1. The Bertz CT molecular complexity index is 870. The van der Waals surface area contributed by atoms with Gasteiger partial charge in [0.05, 0.1) is 5.02 Å². The van der Waals surface area contributed by atoms with Gasteiger partial charge in [-0.1, -0.05) is 51.3 Å². The van der Waals surface area contributed by atoms with Crippen LogP contribution >= 0.6 is 39.1 Å². The summed E-state index contributed by atoms with van der Waals surface area (Å²) in [6, 6.07) is 8.93. The average molecular weight is 383 g/mol. The highest BCUT2D eigenvalue weighted by Crippen LogP contribution is 2.32. The normalized spacial score (nSPS) is 11.0. The number of fused-ring (bicyclic) bond motifs is 1. The van der Waals surface area contributed by atoms with E-state index in [0.717, 1.165) is 15.6 Å². The maximum atomic E-state index is 12.7. The van der Waals surface area contributed by atoms with E-state index >= 15 is 0 Å². The van der Waals surface area contributed by atoms with Crippen LogP contribution in [-0.2, 0) is 0 Å². The summed E-state index contributed by atoms with van der Waals surface area (Å²) in [7, 11) is 0. The van der Waals surface area contributed by atoms with E-state index in [4.69, 9.17) is 23.2 Å². The number of H-pyrrole nitrogens is 1. The zero-order chi connectivity index (χ0) is 15.1. The summed E-state index contributed by atoms with van der Waals surface area (Å²) in [5.41, 5.74) is 2.99. The molecule has 3 aromatic rings. The predicted molar refractivity (Wildman–Crippen MR) is 90.6 cm³/mol. The molecule has 3 rings (SSSR count). The molecule has 0 atom stereocenters. The fraction of sp³-hybridized carbons (Fsp3) is 0.0625. The van der Waals surface area contributed by atoms with Gasteiger partial charge >= 0.3 is 0 Å². The van der Waals surface area contributed by atoms with Crippen molar-refractivity contribution in [3.05, 3.63) is 67.7 Å². The minimum Gasteiger partial charge on any atom is -0.360 e. The topological polar surface area (TPSA) is 32.9 Å². The van der Waals surface area contributed by atoms with Gasteiger partial charge in [-0.3, -0.25) is 4.79 Å². The Morgan fingerprint density at radius 3 is 2.67 bits per heavy atom. The van der Waals surface area contributed by atoms with Crippen LogP contribution in [0, 0.1) is 6.92 Å². The maximum absolute atomic E-state index is 12.7. The molecule has 1 N–H and O–H groups in total. The van der Waals surface area contributed by atoms with Gasteiger partial charge in [-0.2, -0.15) is 0 Å². The molecule has 0 saturated carbocycles. The third-order valence-corrected chi connectivity index (χ3v) is 4.75. The smallest absolute Gasteiger partial charge is 0.195 e. The summed E-state index contributed by atoms with van der Waals surface area (Å²) in [5.74, 6) is -0.0776. The number of carbonyl (C=O) groups excluding carboxylic acids is 1. The highest BCUT2D eigenvalue weighted by Gasteiger charge is 2.17. The van der Waals surface area contributed by atoms with Crippen LogP contribution in [0.5, 0.6) is 0 Å². The predicted octanol–water partition coefficient (Wildman–Crippen LogP) is 5.78. The molecule has 21 heavy (non-hydrogen) atoms. The van der Waals surface area contributed by atoms with Crippen LogP contribution in [0.3, 0.4) is 0 Å². The molecule has 0 aliphatic rings. The maximum Gasteiger partial charge on any atom is 0.195 e. The first-order chi connectivity index (χ1) is 9.97. The van der Waals surface area contributed by atoms with Gasteiger partial charge < -0.3 is 4.98 Å². The lowest BCUT2D eigenvalue weighted by atomic mass is 10.0. The van der Waals surface area contributed by atoms with Crippen molar-refractivity contribution in [1.29, 1.82) is 0 Å². The van der Waals surface area contributed by atoms with E-state index in [1.165, 1.54) is 0 Å². The van der Waals surface area contributed by atoms with Gasteiger partial charge in [0.1, 0.15) is 0 Å². The first kappa shape index (κ1) is 14.6. The fourth-order valence-corrected chi connectivity index (χ4v) is 3.23. The molecule has 0 bridgehead atoms. The monoisotopic (exact) mass is 381 g/mol. The summed E-state index contributed by atoms with van der Waals surface area (Å²) < 4.78 is 0.905. The Labute approximate surface area is 140 Å². The van der Waals surface area contributed by atoms with Crippen LogP contribution in [0.4, 0.5) is 0 Å². The van der Waals surface area contributed by atoms with Crippen molar-refractivity contribution in [3.63, 3.8) is 0 Å². The van der Waals surface area contributed by atoms with Crippen molar-refractivity contribution in [2.45, 2.75) is 6.92 Å². The third-order valence-electron chi connectivity index (χ3n) is 3.37.